The van der Waals surface area contributed by atoms with Crippen LogP contribution in [-0.4, -0.2) is 17.6 Å². The normalized spacial score (nSPS) is 14.4. The van der Waals surface area contributed by atoms with Gasteiger partial charge in [-0.3, -0.25) is 4.98 Å². The number of furan rings is 1. The predicted molar refractivity (Wildman–Crippen MR) is 76.3 cm³/mol. The van der Waals surface area contributed by atoms with E-state index in [-0.39, 0.29) is 0 Å². The van der Waals surface area contributed by atoms with E-state index in [2.05, 4.69) is 28.2 Å². The highest BCUT2D eigenvalue weighted by molar-refractivity contribution is 5.56. The summed E-state index contributed by atoms with van der Waals surface area (Å²) in [5.74, 6) is 1.00. The first-order valence-electron chi connectivity index (χ1n) is 6.85. The third-order valence-corrected chi connectivity index (χ3v) is 3.33. The molecule has 0 unspecified atom stereocenters. The van der Waals surface area contributed by atoms with E-state index in [0.29, 0.717) is 6.04 Å². The lowest BCUT2D eigenvalue weighted by Gasteiger charge is -2.23. The molecule has 3 rings (SSSR count). The first-order valence-corrected chi connectivity index (χ1v) is 6.85. The van der Waals surface area contributed by atoms with Crippen LogP contribution in [0.4, 0.5) is 11.4 Å². The molecule has 100 valence electrons. The molecule has 1 aliphatic carbocycles. The van der Waals surface area contributed by atoms with E-state index < -0.39 is 0 Å². The van der Waals surface area contributed by atoms with Crippen LogP contribution in [0.5, 0.6) is 0 Å². The van der Waals surface area contributed by atoms with Crippen molar-refractivity contribution in [2.24, 2.45) is 0 Å². The molecular weight excluding hydrogens is 238 g/mol. The van der Waals surface area contributed by atoms with Gasteiger partial charge in [0, 0.05) is 12.6 Å². The minimum absolute atomic E-state index is 0.628. The SMILES string of the molecule is CCNc1cncc(N(Cc2ccco2)C2CC2)c1. The number of hydrogen-bond donors (Lipinski definition) is 1. The molecule has 0 spiro atoms. The zero-order valence-electron chi connectivity index (χ0n) is 11.2. The minimum Gasteiger partial charge on any atom is -0.467 e. The summed E-state index contributed by atoms with van der Waals surface area (Å²) >= 11 is 0. The van der Waals surface area contributed by atoms with Gasteiger partial charge in [0.2, 0.25) is 0 Å². The minimum atomic E-state index is 0.628. The van der Waals surface area contributed by atoms with Gasteiger partial charge in [-0.2, -0.15) is 0 Å². The number of nitrogens with one attached hydrogen (secondary N) is 1. The van der Waals surface area contributed by atoms with E-state index in [9.17, 15) is 0 Å². The van der Waals surface area contributed by atoms with E-state index in [4.69, 9.17) is 4.42 Å². The first kappa shape index (κ1) is 12.1. The molecule has 1 aliphatic rings. The number of rotatable bonds is 6. The standard InChI is InChI=1S/C15H19N3O/c1-2-17-12-8-14(10-16-9-12)18(13-5-6-13)11-15-4-3-7-19-15/h3-4,7-10,13,17H,2,5-6,11H2,1H3. The average molecular weight is 257 g/mol. The zero-order valence-corrected chi connectivity index (χ0v) is 11.2. The van der Waals surface area contributed by atoms with Crippen LogP contribution >= 0.6 is 0 Å². The maximum absolute atomic E-state index is 5.46. The Morgan fingerprint density at radius 1 is 1.42 bits per heavy atom. The Bertz CT molecular complexity index is 520. The number of nitrogens with zero attached hydrogens (tertiary/aromatic N) is 2. The Labute approximate surface area is 113 Å². The smallest absolute Gasteiger partial charge is 0.123 e. The molecule has 1 fully saturated rings. The number of hydrogen-bond acceptors (Lipinski definition) is 4. The van der Waals surface area contributed by atoms with Crippen molar-refractivity contribution in [2.75, 3.05) is 16.8 Å². The Morgan fingerprint density at radius 2 is 2.32 bits per heavy atom. The maximum Gasteiger partial charge on any atom is 0.123 e. The summed E-state index contributed by atoms with van der Waals surface area (Å²) in [6.07, 6.45) is 8.04. The second-order valence-corrected chi connectivity index (χ2v) is 4.90. The third kappa shape index (κ3) is 2.89. The van der Waals surface area contributed by atoms with Gasteiger partial charge in [-0.25, -0.2) is 0 Å². The van der Waals surface area contributed by atoms with Crippen molar-refractivity contribution in [1.82, 2.24) is 4.98 Å². The van der Waals surface area contributed by atoms with Gasteiger partial charge in [0.15, 0.2) is 0 Å². The molecule has 4 heteroatoms. The molecule has 2 aromatic rings. The summed E-state index contributed by atoms with van der Waals surface area (Å²) in [4.78, 5) is 6.71. The first-order chi connectivity index (χ1) is 9.36. The number of pyridine rings is 1. The van der Waals surface area contributed by atoms with Gasteiger partial charge < -0.3 is 14.6 Å². The summed E-state index contributed by atoms with van der Waals surface area (Å²) in [5.41, 5.74) is 2.24. The molecule has 2 aromatic heterocycles. The summed E-state index contributed by atoms with van der Waals surface area (Å²) < 4.78 is 5.46. The van der Waals surface area contributed by atoms with Crippen LogP contribution in [0.15, 0.2) is 41.3 Å². The van der Waals surface area contributed by atoms with Crippen molar-refractivity contribution in [3.63, 3.8) is 0 Å². The van der Waals surface area contributed by atoms with Gasteiger partial charge in [-0.15, -0.1) is 0 Å². The van der Waals surface area contributed by atoms with Crippen LogP contribution in [-0.2, 0) is 6.54 Å². The van der Waals surface area contributed by atoms with Crippen molar-refractivity contribution in [1.29, 1.82) is 0 Å². The quantitative estimate of drug-likeness (QED) is 0.862. The van der Waals surface area contributed by atoms with E-state index in [1.54, 1.807) is 6.26 Å². The maximum atomic E-state index is 5.46. The van der Waals surface area contributed by atoms with Gasteiger partial charge in [0.25, 0.3) is 0 Å². The lowest BCUT2D eigenvalue weighted by molar-refractivity contribution is 0.501. The van der Waals surface area contributed by atoms with Crippen LogP contribution in [0.25, 0.3) is 0 Å². The van der Waals surface area contributed by atoms with E-state index >= 15 is 0 Å². The molecule has 0 aromatic carbocycles. The molecule has 4 nitrogen and oxygen atoms in total. The van der Waals surface area contributed by atoms with Crippen LogP contribution in [0, 0.1) is 0 Å². The second-order valence-electron chi connectivity index (χ2n) is 4.90. The van der Waals surface area contributed by atoms with E-state index in [1.807, 2.05) is 24.5 Å². The highest BCUT2D eigenvalue weighted by atomic mass is 16.3. The van der Waals surface area contributed by atoms with Gasteiger partial charge in [-0.05, 0) is 38.0 Å². The van der Waals surface area contributed by atoms with Crippen molar-refractivity contribution in [3.05, 3.63) is 42.6 Å². The third-order valence-electron chi connectivity index (χ3n) is 3.33. The van der Waals surface area contributed by atoms with Crippen LogP contribution in [0.2, 0.25) is 0 Å². The van der Waals surface area contributed by atoms with E-state index in [1.165, 1.54) is 12.8 Å². The molecule has 0 amide bonds. The predicted octanol–water partition coefficient (Wildman–Crippen LogP) is 3.28. The largest absolute Gasteiger partial charge is 0.467 e. The zero-order chi connectivity index (χ0) is 13.1. The molecule has 1 saturated carbocycles. The molecule has 19 heavy (non-hydrogen) atoms. The Kier molecular flexibility index (Phi) is 3.40. The van der Waals surface area contributed by atoms with Crippen LogP contribution in [0.1, 0.15) is 25.5 Å². The van der Waals surface area contributed by atoms with Crippen molar-refractivity contribution >= 4 is 11.4 Å². The Balaban J connectivity index is 1.81. The van der Waals surface area contributed by atoms with Gasteiger partial charge in [0.1, 0.15) is 5.76 Å². The van der Waals surface area contributed by atoms with Gasteiger partial charge in [0.05, 0.1) is 36.6 Å². The topological polar surface area (TPSA) is 41.3 Å². The van der Waals surface area contributed by atoms with Gasteiger partial charge >= 0.3 is 0 Å². The van der Waals surface area contributed by atoms with Crippen LogP contribution in [0.3, 0.4) is 0 Å². The molecule has 0 bridgehead atoms. The summed E-state index contributed by atoms with van der Waals surface area (Å²) in [6, 6.07) is 6.76. The Morgan fingerprint density at radius 3 is 3.00 bits per heavy atom. The molecule has 1 N–H and O–H groups in total. The molecule has 0 aliphatic heterocycles. The van der Waals surface area contributed by atoms with Crippen LogP contribution < -0.4 is 10.2 Å². The van der Waals surface area contributed by atoms with Crippen molar-refractivity contribution in [3.8, 4) is 0 Å². The fourth-order valence-electron chi connectivity index (χ4n) is 2.27. The monoisotopic (exact) mass is 257 g/mol. The molecular formula is C15H19N3O. The fourth-order valence-corrected chi connectivity index (χ4v) is 2.27. The van der Waals surface area contributed by atoms with Crippen molar-refractivity contribution < 1.29 is 4.42 Å². The lowest BCUT2D eigenvalue weighted by Crippen LogP contribution is -2.25. The second kappa shape index (κ2) is 5.34. The fraction of sp³-hybridized carbons (Fsp3) is 0.400. The molecule has 0 radical (unpaired) electrons. The van der Waals surface area contributed by atoms with E-state index in [0.717, 1.165) is 30.2 Å². The van der Waals surface area contributed by atoms with Gasteiger partial charge in [-0.1, -0.05) is 0 Å². The number of anilines is 2. The lowest BCUT2D eigenvalue weighted by atomic mass is 10.3. The summed E-state index contributed by atoms with van der Waals surface area (Å²) in [5, 5.41) is 3.31. The molecule has 2 heterocycles. The highest BCUT2D eigenvalue weighted by Gasteiger charge is 2.30. The molecule has 0 saturated heterocycles. The average Bonchev–Trinajstić information content (AvgIpc) is 3.14. The van der Waals surface area contributed by atoms with Crippen molar-refractivity contribution in [2.45, 2.75) is 32.4 Å². The number of aromatic nitrogens is 1. The summed E-state index contributed by atoms with van der Waals surface area (Å²) in [7, 11) is 0. The Hall–Kier alpha value is -1.97. The summed E-state index contributed by atoms with van der Waals surface area (Å²) in [6.45, 7) is 3.82. The molecule has 0 atom stereocenters. The highest BCUT2D eigenvalue weighted by Crippen LogP contribution is 2.33.